The van der Waals surface area contributed by atoms with E-state index in [4.69, 9.17) is 0 Å². The average molecular weight is 393 g/mol. The van der Waals surface area contributed by atoms with Crippen LogP contribution in [0.5, 0.6) is 0 Å². The van der Waals surface area contributed by atoms with Crippen molar-refractivity contribution in [3.05, 3.63) is 35.4 Å². The van der Waals surface area contributed by atoms with Gasteiger partial charge in [-0.05, 0) is 56.8 Å². The van der Waals surface area contributed by atoms with Crippen LogP contribution in [0, 0.1) is 17.6 Å². The molecule has 1 aromatic carbocycles. The lowest BCUT2D eigenvalue weighted by Gasteiger charge is -2.39. The van der Waals surface area contributed by atoms with Crippen molar-refractivity contribution in [2.24, 2.45) is 5.92 Å². The number of halogens is 2. The molecule has 2 atom stereocenters. The van der Waals surface area contributed by atoms with E-state index < -0.39 is 29.1 Å². The third kappa shape index (κ3) is 4.51. The first kappa shape index (κ1) is 20.7. The van der Waals surface area contributed by atoms with Crippen molar-refractivity contribution in [2.45, 2.75) is 51.6 Å². The average Bonchev–Trinajstić information content (AvgIpc) is 3.20. The Morgan fingerprint density at radius 3 is 2.32 bits per heavy atom. The lowest BCUT2D eigenvalue weighted by molar-refractivity contribution is -0.136. The minimum Gasteiger partial charge on any atom is -0.340 e. The van der Waals surface area contributed by atoms with Crippen molar-refractivity contribution in [3.63, 3.8) is 0 Å². The number of likely N-dealkylation sites (tertiary alicyclic amines) is 2. The van der Waals surface area contributed by atoms with Gasteiger partial charge in [-0.3, -0.25) is 14.5 Å². The SMILES string of the molecule is CC(C)C(NC(=O)c1c(F)cccc1F)C(=O)N1CCCC(N2CCCC2)C1. The highest BCUT2D eigenvalue weighted by Crippen LogP contribution is 2.22. The van der Waals surface area contributed by atoms with Crippen LogP contribution in [-0.2, 0) is 4.79 Å². The molecule has 7 heteroatoms. The highest BCUT2D eigenvalue weighted by molar-refractivity contribution is 5.98. The van der Waals surface area contributed by atoms with Crippen LogP contribution in [-0.4, -0.2) is 59.9 Å². The number of hydrogen-bond acceptors (Lipinski definition) is 3. The summed E-state index contributed by atoms with van der Waals surface area (Å²) < 4.78 is 27.9. The molecular weight excluding hydrogens is 364 g/mol. The Hall–Kier alpha value is -2.02. The number of nitrogens with one attached hydrogen (secondary N) is 1. The maximum Gasteiger partial charge on any atom is 0.257 e. The van der Waals surface area contributed by atoms with Crippen molar-refractivity contribution in [3.8, 4) is 0 Å². The smallest absolute Gasteiger partial charge is 0.257 e. The van der Waals surface area contributed by atoms with Gasteiger partial charge in [0.15, 0.2) is 0 Å². The number of carbonyl (C=O) groups is 2. The molecule has 0 bridgehead atoms. The predicted molar refractivity (Wildman–Crippen MR) is 103 cm³/mol. The molecule has 28 heavy (non-hydrogen) atoms. The van der Waals surface area contributed by atoms with Crippen molar-refractivity contribution < 1.29 is 18.4 Å². The molecule has 2 unspecified atom stereocenters. The first-order chi connectivity index (χ1) is 13.4. The Bertz CT molecular complexity index is 699. The first-order valence-electron chi connectivity index (χ1n) is 10.2. The zero-order valence-electron chi connectivity index (χ0n) is 16.6. The Balaban J connectivity index is 1.70. The van der Waals surface area contributed by atoms with Crippen LogP contribution in [0.25, 0.3) is 0 Å². The van der Waals surface area contributed by atoms with Crippen LogP contribution in [0.3, 0.4) is 0 Å². The van der Waals surface area contributed by atoms with Gasteiger partial charge in [0.05, 0.1) is 0 Å². The Morgan fingerprint density at radius 2 is 1.71 bits per heavy atom. The van der Waals surface area contributed by atoms with E-state index >= 15 is 0 Å². The van der Waals surface area contributed by atoms with Crippen LogP contribution < -0.4 is 5.32 Å². The molecule has 2 aliphatic rings. The molecule has 1 N–H and O–H groups in total. The monoisotopic (exact) mass is 393 g/mol. The lowest BCUT2D eigenvalue weighted by atomic mass is 9.98. The van der Waals surface area contributed by atoms with Crippen LogP contribution in [0.2, 0.25) is 0 Å². The summed E-state index contributed by atoms with van der Waals surface area (Å²) in [5, 5.41) is 2.57. The standard InChI is InChI=1S/C21H29F2N3O2/c1-14(2)19(24-20(27)18-16(22)8-5-9-17(18)23)21(28)26-12-6-7-15(13-26)25-10-3-4-11-25/h5,8-9,14-15,19H,3-4,6-7,10-13H2,1-2H3,(H,24,27). The van der Waals surface area contributed by atoms with Crippen LogP contribution >= 0.6 is 0 Å². The fourth-order valence-corrected chi connectivity index (χ4v) is 4.20. The summed E-state index contributed by atoms with van der Waals surface area (Å²) >= 11 is 0. The normalized spacial score (nSPS) is 21.8. The second-order valence-electron chi connectivity index (χ2n) is 8.12. The lowest BCUT2D eigenvalue weighted by Crippen LogP contribution is -2.56. The number of carbonyl (C=O) groups excluding carboxylic acids is 2. The van der Waals surface area contributed by atoms with Gasteiger partial charge in [-0.1, -0.05) is 19.9 Å². The molecule has 2 amide bonds. The van der Waals surface area contributed by atoms with Gasteiger partial charge in [-0.2, -0.15) is 0 Å². The number of benzene rings is 1. The van der Waals surface area contributed by atoms with E-state index in [9.17, 15) is 18.4 Å². The van der Waals surface area contributed by atoms with Gasteiger partial charge >= 0.3 is 0 Å². The summed E-state index contributed by atoms with van der Waals surface area (Å²) in [6.07, 6.45) is 4.39. The predicted octanol–water partition coefficient (Wildman–Crippen LogP) is 2.81. The van der Waals surface area contributed by atoms with Gasteiger partial charge in [0, 0.05) is 19.1 Å². The van der Waals surface area contributed by atoms with E-state index in [0.717, 1.165) is 38.1 Å². The number of nitrogens with zero attached hydrogens (tertiary/aromatic N) is 2. The highest BCUT2D eigenvalue weighted by Gasteiger charge is 2.34. The van der Waals surface area contributed by atoms with Crippen LogP contribution in [0.1, 0.15) is 49.9 Å². The molecule has 2 heterocycles. The van der Waals surface area contributed by atoms with Gasteiger partial charge < -0.3 is 10.2 Å². The quantitative estimate of drug-likeness (QED) is 0.837. The molecule has 0 spiro atoms. The molecule has 2 fully saturated rings. The maximum atomic E-state index is 13.9. The summed E-state index contributed by atoms with van der Waals surface area (Å²) in [5.41, 5.74) is -0.644. The van der Waals surface area contributed by atoms with Gasteiger partial charge in [-0.15, -0.1) is 0 Å². The maximum absolute atomic E-state index is 13.9. The van der Waals surface area contributed by atoms with Crippen molar-refractivity contribution >= 4 is 11.8 Å². The third-order valence-corrected chi connectivity index (χ3v) is 5.77. The highest BCUT2D eigenvalue weighted by atomic mass is 19.1. The van der Waals surface area contributed by atoms with E-state index in [-0.39, 0.29) is 11.8 Å². The molecule has 0 aromatic heterocycles. The number of rotatable bonds is 5. The van der Waals surface area contributed by atoms with Gasteiger partial charge in [0.2, 0.25) is 5.91 Å². The molecule has 2 aliphatic heterocycles. The van der Waals surface area contributed by atoms with E-state index in [1.54, 1.807) is 4.90 Å². The third-order valence-electron chi connectivity index (χ3n) is 5.77. The summed E-state index contributed by atoms with van der Waals surface area (Å²) in [5.74, 6) is -3.13. The minimum atomic E-state index is -0.931. The summed E-state index contributed by atoms with van der Waals surface area (Å²) in [7, 11) is 0. The first-order valence-corrected chi connectivity index (χ1v) is 10.2. The summed E-state index contributed by atoms with van der Waals surface area (Å²) in [6.45, 7) is 7.08. The number of hydrogen-bond donors (Lipinski definition) is 1. The van der Waals surface area contributed by atoms with E-state index in [1.807, 2.05) is 13.8 Å². The second-order valence-corrected chi connectivity index (χ2v) is 8.12. The Labute approximate surface area is 165 Å². The largest absolute Gasteiger partial charge is 0.340 e. The van der Waals surface area contributed by atoms with Crippen LogP contribution in [0.4, 0.5) is 8.78 Å². The van der Waals surface area contributed by atoms with E-state index in [2.05, 4.69) is 10.2 Å². The summed E-state index contributed by atoms with van der Waals surface area (Å²) in [6, 6.07) is 2.82. The van der Waals surface area contributed by atoms with E-state index in [0.29, 0.717) is 19.1 Å². The number of amides is 2. The molecule has 1 aromatic rings. The topological polar surface area (TPSA) is 52.7 Å². The molecule has 0 radical (unpaired) electrons. The number of piperidine rings is 1. The van der Waals surface area contributed by atoms with Crippen molar-refractivity contribution in [2.75, 3.05) is 26.2 Å². The molecule has 3 rings (SSSR count). The molecule has 154 valence electrons. The molecule has 0 saturated carbocycles. The van der Waals surface area contributed by atoms with Crippen molar-refractivity contribution in [1.82, 2.24) is 15.1 Å². The molecular formula is C21H29F2N3O2. The fraction of sp³-hybridized carbons (Fsp3) is 0.619. The summed E-state index contributed by atoms with van der Waals surface area (Å²) in [4.78, 5) is 29.9. The van der Waals surface area contributed by atoms with E-state index in [1.165, 1.54) is 18.9 Å². The molecule has 0 aliphatic carbocycles. The van der Waals surface area contributed by atoms with Gasteiger partial charge in [0.25, 0.3) is 5.91 Å². The minimum absolute atomic E-state index is 0.177. The second kappa shape index (κ2) is 8.99. The zero-order valence-corrected chi connectivity index (χ0v) is 16.6. The zero-order chi connectivity index (χ0) is 20.3. The van der Waals surface area contributed by atoms with Gasteiger partial charge in [-0.25, -0.2) is 8.78 Å². The molecule has 2 saturated heterocycles. The van der Waals surface area contributed by atoms with Crippen molar-refractivity contribution in [1.29, 1.82) is 0 Å². The van der Waals surface area contributed by atoms with Gasteiger partial charge in [0.1, 0.15) is 23.2 Å². The molecule has 5 nitrogen and oxygen atoms in total. The fourth-order valence-electron chi connectivity index (χ4n) is 4.20. The van der Waals surface area contributed by atoms with Crippen LogP contribution in [0.15, 0.2) is 18.2 Å². The Kier molecular flexibility index (Phi) is 6.65. The Morgan fingerprint density at radius 1 is 1.07 bits per heavy atom.